The first kappa shape index (κ1) is 10.4. The van der Waals surface area contributed by atoms with E-state index in [1.54, 1.807) is 0 Å². The van der Waals surface area contributed by atoms with Crippen molar-refractivity contribution >= 4 is 0 Å². The van der Waals surface area contributed by atoms with E-state index in [2.05, 4.69) is 59.7 Å². The van der Waals surface area contributed by atoms with Crippen LogP contribution in [0.3, 0.4) is 0 Å². The highest BCUT2D eigenvalue weighted by Crippen LogP contribution is 2.30. The minimum atomic E-state index is 0.281. The molecular formula is C13H21-. The lowest BCUT2D eigenvalue weighted by Crippen LogP contribution is -2.11. The molecule has 0 heterocycles. The Hall–Kier alpha value is -0.650. The van der Waals surface area contributed by atoms with Gasteiger partial charge in [0, 0.05) is 0 Å². The molecule has 0 N–H and O–H groups in total. The van der Waals surface area contributed by atoms with Crippen molar-refractivity contribution in [2.24, 2.45) is 0 Å². The average molecular weight is 177 g/mol. The summed E-state index contributed by atoms with van der Waals surface area (Å²) in [7, 11) is 0. The van der Waals surface area contributed by atoms with E-state index in [4.69, 9.17) is 0 Å². The smallest absolute Gasteiger partial charge is 0.0364 e. The Bertz CT molecular complexity index is 247. The quantitative estimate of drug-likeness (QED) is 0.525. The maximum atomic E-state index is 2.33. The summed E-state index contributed by atoms with van der Waals surface area (Å²) in [5.74, 6) is 0. The Morgan fingerprint density at radius 3 is 1.69 bits per heavy atom. The Balaban J connectivity index is 3.01. The van der Waals surface area contributed by atoms with Gasteiger partial charge in [0.15, 0.2) is 0 Å². The maximum absolute atomic E-state index is 2.33. The molecule has 0 atom stereocenters. The van der Waals surface area contributed by atoms with Gasteiger partial charge in [0.25, 0.3) is 0 Å². The lowest BCUT2D eigenvalue weighted by molar-refractivity contribution is 0.579. The zero-order valence-electron chi connectivity index (χ0n) is 9.73. The molecule has 0 amide bonds. The van der Waals surface area contributed by atoms with E-state index in [0.717, 1.165) is 0 Å². The third kappa shape index (κ3) is 2.40. The fourth-order valence-corrected chi connectivity index (χ4v) is 1.38. The van der Waals surface area contributed by atoms with Gasteiger partial charge in [-0.15, -0.1) is 0 Å². The van der Waals surface area contributed by atoms with Crippen molar-refractivity contribution in [2.75, 3.05) is 0 Å². The average Bonchev–Trinajstić information content (AvgIpc) is 2.28. The van der Waals surface area contributed by atoms with E-state index >= 15 is 0 Å². The molecule has 0 bridgehead atoms. The zero-order chi connectivity index (χ0) is 10.3. The van der Waals surface area contributed by atoms with Gasteiger partial charge in [-0.1, -0.05) is 47.0 Å². The topological polar surface area (TPSA) is 0 Å². The molecule has 0 radical (unpaired) electrons. The van der Waals surface area contributed by atoms with Crippen molar-refractivity contribution in [3.63, 3.8) is 0 Å². The van der Waals surface area contributed by atoms with Crippen molar-refractivity contribution in [2.45, 2.75) is 52.4 Å². The Labute approximate surface area is 82.3 Å². The van der Waals surface area contributed by atoms with Crippen LogP contribution in [-0.2, 0) is 10.8 Å². The first-order valence-electron chi connectivity index (χ1n) is 4.99. The van der Waals surface area contributed by atoms with Crippen LogP contribution < -0.4 is 0 Å². The molecule has 0 nitrogen and oxygen atoms in total. The lowest BCUT2D eigenvalue weighted by atomic mass is 9.86. The normalized spacial score (nSPS) is 13.4. The van der Waals surface area contributed by atoms with Gasteiger partial charge >= 0.3 is 0 Å². The second-order valence-electron chi connectivity index (χ2n) is 5.89. The van der Waals surface area contributed by atoms with Gasteiger partial charge in [0.1, 0.15) is 0 Å². The zero-order valence-corrected chi connectivity index (χ0v) is 9.73. The van der Waals surface area contributed by atoms with E-state index in [-0.39, 0.29) is 10.8 Å². The van der Waals surface area contributed by atoms with E-state index in [9.17, 15) is 0 Å². The van der Waals surface area contributed by atoms with Gasteiger partial charge in [-0.05, 0) is 5.41 Å². The molecular weight excluding hydrogens is 156 g/mol. The summed E-state index contributed by atoms with van der Waals surface area (Å²) >= 11 is 0. The molecule has 0 aromatic heterocycles. The fraction of sp³-hybridized carbons (Fsp3) is 0.615. The SMILES string of the molecule is CC(C)(C)c1c[cH-]c(C(C)(C)C)c1. The molecule has 0 saturated heterocycles. The summed E-state index contributed by atoms with van der Waals surface area (Å²) in [6, 6.07) is 6.83. The molecule has 0 saturated carbocycles. The molecule has 13 heavy (non-hydrogen) atoms. The van der Waals surface area contributed by atoms with Gasteiger partial charge in [-0.25, -0.2) is 6.07 Å². The van der Waals surface area contributed by atoms with Gasteiger partial charge in [-0.3, -0.25) is 0 Å². The number of rotatable bonds is 0. The molecule has 1 rings (SSSR count). The Morgan fingerprint density at radius 2 is 1.46 bits per heavy atom. The molecule has 0 unspecified atom stereocenters. The molecule has 74 valence electrons. The standard InChI is InChI=1S/C13H21/c1-12(2,3)10-7-8-11(9-10)13(4,5)6/h7-9H,1-6H3/q-1. The van der Waals surface area contributed by atoms with Crippen molar-refractivity contribution in [1.29, 1.82) is 0 Å². The third-order valence-electron chi connectivity index (χ3n) is 2.49. The molecule has 0 aliphatic rings. The first-order valence-corrected chi connectivity index (χ1v) is 4.99. The Morgan fingerprint density at radius 1 is 0.923 bits per heavy atom. The summed E-state index contributed by atoms with van der Waals surface area (Å²) in [6.45, 7) is 13.6. The van der Waals surface area contributed by atoms with Gasteiger partial charge in [0.05, 0.1) is 0 Å². The molecule has 0 heteroatoms. The summed E-state index contributed by atoms with van der Waals surface area (Å²) in [5, 5.41) is 0. The van der Waals surface area contributed by atoms with Crippen LogP contribution in [0, 0.1) is 0 Å². The molecule has 0 aliphatic carbocycles. The fourth-order valence-electron chi connectivity index (χ4n) is 1.38. The highest BCUT2D eigenvalue weighted by molar-refractivity contribution is 5.34. The van der Waals surface area contributed by atoms with Crippen LogP contribution in [0.2, 0.25) is 0 Å². The van der Waals surface area contributed by atoms with Crippen LogP contribution in [0.1, 0.15) is 52.7 Å². The highest BCUT2D eigenvalue weighted by atomic mass is 14.2. The monoisotopic (exact) mass is 177 g/mol. The number of hydrogen-bond acceptors (Lipinski definition) is 0. The van der Waals surface area contributed by atoms with Crippen LogP contribution >= 0.6 is 0 Å². The predicted molar refractivity (Wildman–Crippen MR) is 59.4 cm³/mol. The van der Waals surface area contributed by atoms with Crippen LogP contribution in [0.15, 0.2) is 18.2 Å². The lowest BCUT2D eigenvalue weighted by Gasteiger charge is -2.26. The highest BCUT2D eigenvalue weighted by Gasteiger charge is 2.12. The van der Waals surface area contributed by atoms with E-state index in [0.29, 0.717) is 0 Å². The van der Waals surface area contributed by atoms with Gasteiger partial charge in [-0.2, -0.15) is 23.3 Å². The van der Waals surface area contributed by atoms with Crippen LogP contribution in [0.25, 0.3) is 0 Å². The maximum Gasteiger partial charge on any atom is -0.0364 e. The Kier molecular flexibility index (Phi) is 2.36. The van der Waals surface area contributed by atoms with Crippen molar-refractivity contribution in [3.8, 4) is 0 Å². The largest absolute Gasteiger partial charge is 0.206 e. The third-order valence-corrected chi connectivity index (χ3v) is 2.49. The van der Waals surface area contributed by atoms with Crippen LogP contribution in [0.4, 0.5) is 0 Å². The molecule has 1 aromatic carbocycles. The van der Waals surface area contributed by atoms with E-state index in [1.165, 1.54) is 11.1 Å². The minimum Gasteiger partial charge on any atom is -0.206 e. The summed E-state index contributed by atoms with van der Waals surface area (Å²) in [5.41, 5.74) is 3.45. The minimum absolute atomic E-state index is 0.281. The second-order valence-corrected chi connectivity index (χ2v) is 5.89. The van der Waals surface area contributed by atoms with E-state index < -0.39 is 0 Å². The van der Waals surface area contributed by atoms with Gasteiger partial charge < -0.3 is 0 Å². The van der Waals surface area contributed by atoms with Crippen molar-refractivity contribution in [3.05, 3.63) is 29.3 Å². The molecule has 0 spiro atoms. The van der Waals surface area contributed by atoms with Gasteiger partial charge in [0.2, 0.25) is 0 Å². The van der Waals surface area contributed by atoms with Crippen molar-refractivity contribution < 1.29 is 0 Å². The number of hydrogen-bond donors (Lipinski definition) is 0. The van der Waals surface area contributed by atoms with Crippen LogP contribution in [0.5, 0.6) is 0 Å². The summed E-state index contributed by atoms with van der Waals surface area (Å²) in [6.07, 6.45) is 0. The summed E-state index contributed by atoms with van der Waals surface area (Å²) in [4.78, 5) is 0. The van der Waals surface area contributed by atoms with Crippen molar-refractivity contribution in [1.82, 2.24) is 0 Å². The molecule has 1 aromatic rings. The molecule has 0 aliphatic heterocycles. The van der Waals surface area contributed by atoms with E-state index in [1.807, 2.05) is 0 Å². The first-order chi connectivity index (χ1) is 5.71. The predicted octanol–water partition coefficient (Wildman–Crippen LogP) is 4.00. The second kappa shape index (κ2) is 2.94. The molecule has 0 fully saturated rings. The summed E-state index contributed by atoms with van der Waals surface area (Å²) < 4.78 is 0. The van der Waals surface area contributed by atoms with Crippen LogP contribution in [-0.4, -0.2) is 0 Å².